The molecule has 1 aliphatic carbocycles. The van der Waals surface area contributed by atoms with Gasteiger partial charge in [-0.05, 0) is 50.8 Å². The van der Waals surface area contributed by atoms with E-state index in [1.807, 2.05) is 36.5 Å². The number of nitrogens with zero attached hydrogens (tertiary/aromatic N) is 2. The molecule has 0 spiro atoms. The number of para-hydroxylation sites is 1. The van der Waals surface area contributed by atoms with Crippen LogP contribution in [0.3, 0.4) is 0 Å². The van der Waals surface area contributed by atoms with Crippen molar-refractivity contribution in [3.05, 3.63) is 53.9 Å². The molecule has 156 valence electrons. The Balaban J connectivity index is 1.65. The van der Waals surface area contributed by atoms with E-state index in [9.17, 15) is 0 Å². The van der Waals surface area contributed by atoms with Crippen molar-refractivity contribution in [2.45, 2.75) is 51.7 Å². The first-order valence-electron chi connectivity index (χ1n) is 10.5. The van der Waals surface area contributed by atoms with Crippen LogP contribution in [0.1, 0.15) is 43.9 Å². The summed E-state index contributed by atoms with van der Waals surface area (Å²) >= 11 is 0. The first-order chi connectivity index (χ1) is 14.3. The fraction of sp³-hybridized carbons (Fsp3) is 0.478. The summed E-state index contributed by atoms with van der Waals surface area (Å²) in [5.74, 6) is 2.39. The van der Waals surface area contributed by atoms with Crippen molar-refractivity contribution in [2.24, 2.45) is 4.99 Å². The number of hydrogen-bond acceptors (Lipinski definition) is 4. The molecule has 1 aliphatic rings. The lowest BCUT2D eigenvalue weighted by atomic mass is 10.1. The van der Waals surface area contributed by atoms with Gasteiger partial charge in [0.05, 0.1) is 19.8 Å². The number of pyridine rings is 1. The topological polar surface area (TPSA) is 67.8 Å². The van der Waals surface area contributed by atoms with Gasteiger partial charge in [0.15, 0.2) is 17.5 Å². The van der Waals surface area contributed by atoms with Gasteiger partial charge in [-0.2, -0.15) is 0 Å². The molecular weight excluding hydrogens is 364 g/mol. The summed E-state index contributed by atoms with van der Waals surface area (Å²) in [6.45, 7) is 4.17. The average molecular weight is 397 g/mol. The Morgan fingerprint density at radius 2 is 2.00 bits per heavy atom. The number of aliphatic imine (C=N–C) groups is 1. The Labute approximate surface area is 173 Å². The highest BCUT2D eigenvalue weighted by atomic mass is 16.5. The summed E-state index contributed by atoms with van der Waals surface area (Å²) in [6.07, 6.45) is 7.63. The van der Waals surface area contributed by atoms with Gasteiger partial charge in [-0.1, -0.05) is 18.2 Å². The molecular formula is C23H32N4O2. The van der Waals surface area contributed by atoms with Crippen molar-refractivity contribution >= 4 is 5.96 Å². The van der Waals surface area contributed by atoms with Crippen molar-refractivity contribution in [1.82, 2.24) is 15.6 Å². The van der Waals surface area contributed by atoms with Gasteiger partial charge >= 0.3 is 0 Å². The van der Waals surface area contributed by atoms with Crippen LogP contribution in [-0.2, 0) is 13.0 Å². The second kappa shape index (κ2) is 11.3. The van der Waals surface area contributed by atoms with Crippen molar-refractivity contribution < 1.29 is 9.47 Å². The molecule has 1 saturated carbocycles. The lowest BCUT2D eigenvalue weighted by molar-refractivity contribution is 0.198. The summed E-state index contributed by atoms with van der Waals surface area (Å²) in [5.41, 5.74) is 2.11. The molecule has 1 fully saturated rings. The van der Waals surface area contributed by atoms with E-state index in [0.29, 0.717) is 6.54 Å². The van der Waals surface area contributed by atoms with E-state index in [1.54, 1.807) is 7.11 Å². The van der Waals surface area contributed by atoms with Gasteiger partial charge in [0.25, 0.3) is 0 Å². The van der Waals surface area contributed by atoms with Crippen LogP contribution in [0, 0.1) is 0 Å². The van der Waals surface area contributed by atoms with Crippen LogP contribution in [0.5, 0.6) is 11.5 Å². The van der Waals surface area contributed by atoms with Gasteiger partial charge in [-0.3, -0.25) is 4.98 Å². The molecule has 0 radical (unpaired) electrons. The van der Waals surface area contributed by atoms with Crippen LogP contribution in [-0.4, -0.2) is 37.2 Å². The zero-order valence-corrected chi connectivity index (χ0v) is 17.5. The molecule has 1 heterocycles. The van der Waals surface area contributed by atoms with Crippen LogP contribution >= 0.6 is 0 Å². The van der Waals surface area contributed by atoms with E-state index < -0.39 is 0 Å². The number of benzene rings is 1. The minimum absolute atomic E-state index is 0.277. The van der Waals surface area contributed by atoms with Crippen LogP contribution in [0.15, 0.2) is 47.6 Å². The third-order valence-electron chi connectivity index (χ3n) is 5.02. The molecule has 0 aliphatic heterocycles. The molecule has 2 aromatic rings. The number of hydrogen-bond donors (Lipinski definition) is 2. The summed E-state index contributed by atoms with van der Waals surface area (Å²) in [7, 11) is 1.69. The quantitative estimate of drug-likeness (QED) is 0.500. The SMILES string of the molecule is CCNC(=NCc1cccc(OC)c1OC1CCCC1)NCCc1ccccn1. The lowest BCUT2D eigenvalue weighted by Crippen LogP contribution is -2.38. The fourth-order valence-corrected chi connectivity index (χ4v) is 3.51. The standard InChI is InChI=1S/C23H32N4O2/c1-3-24-23(26-16-14-19-10-6-7-15-25-19)27-17-18-9-8-13-21(28-2)22(18)29-20-11-4-5-12-20/h6-10,13,15,20H,3-5,11-12,14,16-17H2,1-2H3,(H2,24,26,27). The number of methoxy groups -OCH3 is 1. The number of ether oxygens (including phenoxy) is 2. The molecule has 0 bridgehead atoms. The van der Waals surface area contributed by atoms with E-state index in [0.717, 1.165) is 61.1 Å². The summed E-state index contributed by atoms with van der Waals surface area (Å²) < 4.78 is 11.9. The Morgan fingerprint density at radius 3 is 2.72 bits per heavy atom. The van der Waals surface area contributed by atoms with Gasteiger partial charge in [-0.25, -0.2) is 4.99 Å². The normalized spacial score (nSPS) is 14.6. The zero-order valence-electron chi connectivity index (χ0n) is 17.5. The van der Waals surface area contributed by atoms with E-state index in [1.165, 1.54) is 12.8 Å². The highest BCUT2D eigenvalue weighted by Crippen LogP contribution is 2.35. The number of guanidine groups is 1. The predicted molar refractivity (Wildman–Crippen MR) is 117 cm³/mol. The smallest absolute Gasteiger partial charge is 0.191 e. The molecule has 0 unspecified atom stereocenters. The Hall–Kier alpha value is -2.76. The molecule has 0 amide bonds. The maximum Gasteiger partial charge on any atom is 0.191 e. The molecule has 2 N–H and O–H groups in total. The molecule has 0 atom stereocenters. The maximum absolute atomic E-state index is 6.32. The van der Waals surface area contributed by atoms with Crippen molar-refractivity contribution in [3.63, 3.8) is 0 Å². The maximum atomic E-state index is 6.32. The van der Waals surface area contributed by atoms with E-state index in [2.05, 4.69) is 28.6 Å². The monoisotopic (exact) mass is 396 g/mol. The first kappa shape index (κ1) is 21.0. The Kier molecular flexibility index (Phi) is 8.16. The van der Waals surface area contributed by atoms with Gasteiger partial charge in [0.2, 0.25) is 0 Å². The lowest BCUT2D eigenvalue weighted by Gasteiger charge is -2.19. The number of nitrogens with one attached hydrogen (secondary N) is 2. The van der Waals surface area contributed by atoms with E-state index in [-0.39, 0.29) is 6.10 Å². The second-order valence-corrected chi connectivity index (χ2v) is 7.17. The summed E-state index contributed by atoms with van der Waals surface area (Å²) in [4.78, 5) is 9.13. The molecule has 6 heteroatoms. The first-order valence-corrected chi connectivity index (χ1v) is 10.5. The van der Waals surface area contributed by atoms with Gasteiger partial charge < -0.3 is 20.1 Å². The second-order valence-electron chi connectivity index (χ2n) is 7.17. The largest absolute Gasteiger partial charge is 0.493 e. The van der Waals surface area contributed by atoms with Crippen LogP contribution < -0.4 is 20.1 Å². The predicted octanol–water partition coefficient (Wildman–Crippen LogP) is 3.71. The molecule has 0 saturated heterocycles. The minimum Gasteiger partial charge on any atom is -0.493 e. The third kappa shape index (κ3) is 6.38. The highest BCUT2D eigenvalue weighted by Gasteiger charge is 2.20. The van der Waals surface area contributed by atoms with Crippen LogP contribution in [0.4, 0.5) is 0 Å². The van der Waals surface area contributed by atoms with E-state index >= 15 is 0 Å². The minimum atomic E-state index is 0.277. The van der Waals surface area contributed by atoms with Crippen molar-refractivity contribution in [2.75, 3.05) is 20.2 Å². The molecule has 1 aromatic heterocycles. The Bertz CT molecular complexity index is 774. The number of aromatic nitrogens is 1. The van der Waals surface area contributed by atoms with Gasteiger partial charge in [0.1, 0.15) is 0 Å². The molecule has 29 heavy (non-hydrogen) atoms. The van der Waals surface area contributed by atoms with Crippen LogP contribution in [0.2, 0.25) is 0 Å². The van der Waals surface area contributed by atoms with E-state index in [4.69, 9.17) is 14.5 Å². The summed E-state index contributed by atoms with van der Waals surface area (Å²) in [5, 5.41) is 6.69. The molecule has 1 aromatic carbocycles. The average Bonchev–Trinajstić information content (AvgIpc) is 3.26. The molecule has 6 nitrogen and oxygen atoms in total. The van der Waals surface area contributed by atoms with Gasteiger partial charge in [-0.15, -0.1) is 0 Å². The van der Waals surface area contributed by atoms with Crippen LogP contribution in [0.25, 0.3) is 0 Å². The Morgan fingerprint density at radius 1 is 1.14 bits per heavy atom. The summed E-state index contributed by atoms with van der Waals surface area (Å²) in [6, 6.07) is 12.0. The number of rotatable bonds is 9. The third-order valence-corrected chi connectivity index (χ3v) is 5.02. The fourth-order valence-electron chi connectivity index (χ4n) is 3.51. The molecule has 3 rings (SSSR count). The highest BCUT2D eigenvalue weighted by molar-refractivity contribution is 5.79. The zero-order chi connectivity index (χ0) is 20.3. The van der Waals surface area contributed by atoms with Crippen molar-refractivity contribution in [1.29, 1.82) is 0 Å². The van der Waals surface area contributed by atoms with Crippen molar-refractivity contribution in [3.8, 4) is 11.5 Å². The van der Waals surface area contributed by atoms with Gasteiger partial charge in [0, 0.05) is 37.0 Å².